The van der Waals surface area contributed by atoms with Crippen molar-refractivity contribution in [2.75, 3.05) is 20.2 Å². The number of piperidine rings is 1. The molecule has 0 aromatic heterocycles. The number of nitrogens with zero attached hydrogens (tertiary/aromatic N) is 1. The van der Waals surface area contributed by atoms with E-state index in [1.54, 1.807) is 7.11 Å². The Morgan fingerprint density at radius 1 is 1.17 bits per heavy atom. The fourth-order valence-corrected chi connectivity index (χ4v) is 6.94. The lowest BCUT2D eigenvalue weighted by molar-refractivity contribution is -0.207. The van der Waals surface area contributed by atoms with Gasteiger partial charge in [-0.2, -0.15) is 0 Å². The van der Waals surface area contributed by atoms with Crippen molar-refractivity contribution in [2.45, 2.75) is 61.4 Å². The van der Waals surface area contributed by atoms with E-state index in [1.807, 2.05) is 12.1 Å². The van der Waals surface area contributed by atoms with Gasteiger partial charge in [0.25, 0.3) is 0 Å². The van der Waals surface area contributed by atoms with E-state index in [-0.39, 0.29) is 6.04 Å². The molecule has 0 amide bonds. The molecule has 4 aliphatic rings. The van der Waals surface area contributed by atoms with Crippen LogP contribution in [0.1, 0.15) is 36.0 Å². The van der Waals surface area contributed by atoms with Crippen molar-refractivity contribution < 1.29 is 19.7 Å². The molecule has 0 radical (unpaired) electrons. The molecule has 5 nitrogen and oxygen atoms in total. The quantitative estimate of drug-likeness (QED) is 0.815. The number of rotatable bonds is 4. The smallest absolute Gasteiger partial charge is 0.166 e. The zero-order chi connectivity index (χ0) is 20.5. The first-order chi connectivity index (χ1) is 14.6. The van der Waals surface area contributed by atoms with Crippen LogP contribution in [0.25, 0.3) is 0 Å². The highest BCUT2D eigenvalue weighted by molar-refractivity contribution is 5.62. The van der Waals surface area contributed by atoms with Gasteiger partial charge in [-0.15, -0.1) is 0 Å². The van der Waals surface area contributed by atoms with Gasteiger partial charge in [0.15, 0.2) is 11.5 Å². The molecule has 6 rings (SSSR count). The Morgan fingerprint density at radius 2 is 2.00 bits per heavy atom. The fraction of sp³-hybridized carbons (Fsp3) is 0.520. The predicted molar refractivity (Wildman–Crippen MR) is 113 cm³/mol. The molecule has 30 heavy (non-hydrogen) atoms. The van der Waals surface area contributed by atoms with Gasteiger partial charge in [-0.1, -0.05) is 36.4 Å². The van der Waals surface area contributed by atoms with Crippen LogP contribution >= 0.6 is 0 Å². The van der Waals surface area contributed by atoms with Crippen molar-refractivity contribution in [1.82, 2.24) is 4.90 Å². The van der Waals surface area contributed by atoms with Crippen LogP contribution in [0.2, 0.25) is 0 Å². The molecule has 2 heterocycles. The molecule has 2 aromatic rings. The summed E-state index contributed by atoms with van der Waals surface area (Å²) in [5.41, 5.74) is 2.23. The first kappa shape index (κ1) is 18.7. The van der Waals surface area contributed by atoms with Crippen LogP contribution in [-0.2, 0) is 18.3 Å². The molecule has 2 N–H and O–H groups in total. The molecule has 2 bridgehead atoms. The topological polar surface area (TPSA) is 62.2 Å². The van der Waals surface area contributed by atoms with Crippen LogP contribution in [0.5, 0.6) is 11.5 Å². The van der Waals surface area contributed by atoms with Crippen molar-refractivity contribution in [3.8, 4) is 11.5 Å². The average molecular weight is 408 g/mol. The van der Waals surface area contributed by atoms with Crippen molar-refractivity contribution in [3.05, 3.63) is 59.2 Å². The molecule has 2 aromatic carbocycles. The molecule has 2 aliphatic carbocycles. The van der Waals surface area contributed by atoms with Crippen LogP contribution < -0.4 is 9.47 Å². The highest BCUT2D eigenvalue weighted by atomic mass is 16.5. The summed E-state index contributed by atoms with van der Waals surface area (Å²) < 4.78 is 12.0. The van der Waals surface area contributed by atoms with E-state index < -0.39 is 23.2 Å². The summed E-state index contributed by atoms with van der Waals surface area (Å²) in [6.45, 7) is 1.84. The van der Waals surface area contributed by atoms with Gasteiger partial charge in [-0.05, 0) is 55.8 Å². The summed E-state index contributed by atoms with van der Waals surface area (Å²) in [5.74, 6) is 1.45. The number of aliphatic hydroxyl groups is 2. The van der Waals surface area contributed by atoms with Crippen molar-refractivity contribution in [2.24, 2.45) is 0 Å². The second-order valence-corrected chi connectivity index (χ2v) is 9.41. The summed E-state index contributed by atoms with van der Waals surface area (Å²) in [7, 11) is 1.65. The Bertz CT molecular complexity index is 979. The second kappa shape index (κ2) is 6.46. The maximum Gasteiger partial charge on any atom is 0.166 e. The fourth-order valence-electron chi connectivity index (χ4n) is 6.94. The third-order valence-corrected chi connectivity index (χ3v) is 8.28. The lowest BCUT2D eigenvalue weighted by Crippen LogP contribution is -2.77. The minimum atomic E-state index is -0.892. The number of likely N-dealkylation sites (tertiary alicyclic amines) is 1. The first-order valence-electron chi connectivity index (χ1n) is 11.1. The van der Waals surface area contributed by atoms with Gasteiger partial charge in [0.2, 0.25) is 0 Å². The Kier molecular flexibility index (Phi) is 4.02. The van der Waals surface area contributed by atoms with Gasteiger partial charge in [0, 0.05) is 18.2 Å². The Hall–Kier alpha value is -2.08. The van der Waals surface area contributed by atoms with Crippen LogP contribution in [0, 0.1) is 0 Å². The van der Waals surface area contributed by atoms with Gasteiger partial charge in [0.05, 0.1) is 24.2 Å². The third kappa shape index (κ3) is 2.23. The Labute approximate surface area is 177 Å². The zero-order valence-corrected chi connectivity index (χ0v) is 17.4. The number of benzene rings is 2. The highest BCUT2D eigenvalue weighted by Crippen LogP contribution is 2.65. The molecule has 2 fully saturated rings. The maximum atomic E-state index is 12.3. The summed E-state index contributed by atoms with van der Waals surface area (Å²) in [5, 5.41) is 23.2. The lowest BCUT2D eigenvalue weighted by atomic mass is 9.48. The van der Waals surface area contributed by atoms with E-state index in [2.05, 4.69) is 35.2 Å². The van der Waals surface area contributed by atoms with Gasteiger partial charge < -0.3 is 19.7 Å². The second-order valence-electron chi connectivity index (χ2n) is 9.41. The number of hydrogen-bond donors (Lipinski definition) is 2. The summed E-state index contributed by atoms with van der Waals surface area (Å²) >= 11 is 0. The molecule has 2 aliphatic heterocycles. The summed E-state index contributed by atoms with van der Waals surface area (Å²) in [4.78, 5) is 2.48. The van der Waals surface area contributed by atoms with E-state index in [4.69, 9.17) is 9.47 Å². The van der Waals surface area contributed by atoms with E-state index >= 15 is 0 Å². The maximum absolute atomic E-state index is 12.3. The van der Waals surface area contributed by atoms with Crippen molar-refractivity contribution >= 4 is 0 Å². The predicted octanol–water partition coefficient (Wildman–Crippen LogP) is 2.45. The van der Waals surface area contributed by atoms with Gasteiger partial charge in [-0.3, -0.25) is 4.90 Å². The molecule has 158 valence electrons. The number of ether oxygens (including phenoxy) is 2. The van der Waals surface area contributed by atoms with E-state index in [0.717, 1.165) is 43.7 Å². The van der Waals surface area contributed by atoms with Crippen molar-refractivity contribution in [1.29, 1.82) is 0 Å². The molecule has 1 spiro atoms. The SMILES string of the molecule is COc1ccc2c3c1O[C@H]1[C@@H](O)CC[C@@]4(O)[C@@H](C2)N(CCc2ccccc2)CC[C@]314. The van der Waals surface area contributed by atoms with Crippen LogP contribution in [-0.4, -0.2) is 59.2 Å². The lowest BCUT2D eigenvalue weighted by Gasteiger charge is -2.63. The number of aliphatic hydroxyl groups excluding tert-OH is 1. The molecule has 0 unspecified atom stereocenters. The van der Waals surface area contributed by atoms with Gasteiger partial charge in [-0.25, -0.2) is 0 Å². The number of hydrogen-bond acceptors (Lipinski definition) is 5. The minimum absolute atomic E-state index is 0.0420. The summed E-state index contributed by atoms with van der Waals surface area (Å²) in [6, 6.07) is 14.7. The van der Waals surface area contributed by atoms with Crippen LogP contribution in [0.3, 0.4) is 0 Å². The monoisotopic (exact) mass is 407 g/mol. The number of methoxy groups -OCH3 is 1. The average Bonchev–Trinajstić information content (AvgIpc) is 3.12. The molecule has 5 atom stereocenters. The molecular formula is C25H29NO4. The zero-order valence-electron chi connectivity index (χ0n) is 17.4. The largest absolute Gasteiger partial charge is 0.493 e. The molecule has 5 heteroatoms. The summed E-state index contributed by atoms with van der Waals surface area (Å²) in [6.07, 6.45) is 2.79. The Morgan fingerprint density at radius 3 is 2.80 bits per heavy atom. The molecule has 1 saturated carbocycles. The van der Waals surface area contributed by atoms with Crippen LogP contribution in [0.15, 0.2) is 42.5 Å². The van der Waals surface area contributed by atoms with Gasteiger partial charge in [0.1, 0.15) is 6.10 Å². The molecule has 1 saturated heterocycles. The highest BCUT2D eigenvalue weighted by Gasteiger charge is 2.72. The van der Waals surface area contributed by atoms with Crippen molar-refractivity contribution in [3.63, 3.8) is 0 Å². The first-order valence-corrected chi connectivity index (χ1v) is 11.1. The van der Waals surface area contributed by atoms with Crippen LogP contribution in [0.4, 0.5) is 0 Å². The van der Waals surface area contributed by atoms with E-state index in [0.29, 0.717) is 18.6 Å². The third-order valence-electron chi connectivity index (χ3n) is 8.28. The molecular weight excluding hydrogens is 378 g/mol. The van der Waals surface area contributed by atoms with E-state index in [9.17, 15) is 10.2 Å². The Balaban J connectivity index is 1.43. The van der Waals surface area contributed by atoms with Gasteiger partial charge >= 0.3 is 0 Å². The van der Waals surface area contributed by atoms with E-state index in [1.165, 1.54) is 11.1 Å². The minimum Gasteiger partial charge on any atom is -0.493 e. The standard InChI is InChI=1S/C25H29NO4/c1-29-19-8-7-17-15-20-25(28)11-9-18(27)23-24(25,21(17)22(19)30-23)12-14-26(20)13-10-16-5-3-2-4-6-16/h2-8,18,20,23,27-28H,9-15H2,1H3/t18-,20+,23-,24-,25+/m0/s1. The normalized spacial score (nSPS) is 36.2.